The third kappa shape index (κ3) is 6.79. The molecule has 88 valence electrons. The number of carbonyl (C=O) groups is 1. The van der Waals surface area contributed by atoms with Crippen molar-refractivity contribution in [2.45, 2.75) is 26.6 Å². The molecule has 0 saturated carbocycles. The van der Waals surface area contributed by atoms with Crippen molar-refractivity contribution in [3.8, 4) is 0 Å². The van der Waals surface area contributed by atoms with Crippen LogP contribution >= 0.6 is 0 Å². The summed E-state index contributed by atoms with van der Waals surface area (Å²) in [5.74, 6) is -0.594. The second kappa shape index (κ2) is 8.68. The van der Waals surface area contributed by atoms with E-state index in [0.717, 1.165) is 5.56 Å². The number of ether oxygens (including phenoxy) is 1. The molecule has 16 heavy (non-hydrogen) atoms. The van der Waals surface area contributed by atoms with Gasteiger partial charge in [-0.1, -0.05) is 36.4 Å². The largest absolute Gasteiger partial charge is 0.459 e. The summed E-state index contributed by atoms with van der Waals surface area (Å²) in [6.07, 6.45) is 0.698. The summed E-state index contributed by atoms with van der Waals surface area (Å²) in [5, 5.41) is 8.82. The first-order chi connectivity index (χ1) is 7.61. The Morgan fingerprint density at radius 2 is 2.00 bits per heavy atom. The van der Waals surface area contributed by atoms with E-state index in [9.17, 15) is 4.79 Å². The third-order valence-electron chi connectivity index (χ3n) is 1.57. The van der Waals surface area contributed by atoms with Crippen LogP contribution in [0.3, 0.4) is 0 Å². The highest BCUT2D eigenvalue weighted by molar-refractivity contribution is 5.73. The summed E-state index contributed by atoms with van der Waals surface area (Å²) >= 11 is 0. The number of hydrogen-bond acceptors (Lipinski definition) is 3. The molecule has 1 unspecified atom stereocenters. The molecule has 0 aliphatic heterocycles. The van der Waals surface area contributed by atoms with Crippen LogP contribution in [-0.4, -0.2) is 17.2 Å². The van der Waals surface area contributed by atoms with Gasteiger partial charge in [0.1, 0.15) is 12.7 Å². The van der Waals surface area contributed by atoms with Crippen LogP contribution in [0.2, 0.25) is 0 Å². The number of aliphatic hydroxyl groups excluding tert-OH is 1. The molecule has 0 fully saturated rings. The predicted molar refractivity (Wildman–Crippen MR) is 63.8 cm³/mol. The van der Waals surface area contributed by atoms with Crippen molar-refractivity contribution in [3.63, 3.8) is 0 Å². The molecular weight excluding hydrogens is 204 g/mol. The van der Waals surface area contributed by atoms with Crippen molar-refractivity contribution in [2.24, 2.45) is 0 Å². The summed E-state index contributed by atoms with van der Waals surface area (Å²) in [4.78, 5) is 10.8. The fourth-order valence-electron chi connectivity index (χ4n) is 0.849. The van der Waals surface area contributed by atoms with E-state index >= 15 is 0 Å². The van der Waals surface area contributed by atoms with Gasteiger partial charge >= 0.3 is 5.97 Å². The summed E-state index contributed by atoms with van der Waals surface area (Å²) in [6, 6.07) is 9.34. The van der Waals surface area contributed by atoms with E-state index in [1.165, 1.54) is 6.92 Å². The lowest BCUT2D eigenvalue weighted by molar-refractivity contribution is -0.153. The van der Waals surface area contributed by atoms with E-state index in [2.05, 4.69) is 6.58 Å². The molecule has 1 N–H and O–H groups in total. The average Bonchev–Trinajstić information content (AvgIpc) is 2.28. The SMILES string of the molecule is C=CC.CC(O)C(=O)OCc1ccccc1. The van der Waals surface area contributed by atoms with Gasteiger partial charge in [-0.05, 0) is 19.4 Å². The first kappa shape index (κ1) is 14.4. The van der Waals surface area contributed by atoms with Gasteiger partial charge in [-0.2, -0.15) is 0 Å². The zero-order chi connectivity index (χ0) is 12.4. The summed E-state index contributed by atoms with van der Waals surface area (Å²) < 4.78 is 4.80. The molecule has 3 heteroatoms. The van der Waals surface area contributed by atoms with Gasteiger partial charge in [0.05, 0.1) is 0 Å². The van der Waals surface area contributed by atoms with E-state index < -0.39 is 12.1 Å². The van der Waals surface area contributed by atoms with Gasteiger partial charge in [0.15, 0.2) is 0 Å². The Morgan fingerprint density at radius 3 is 2.44 bits per heavy atom. The van der Waals surface area contributed by atoms with Crippen LogP contribution in [0.4, 0.5) is 0 Å². The van der Waals surface area contributed by atoms with Crippen molar-refractivity contribution in [3.05, 3.63) is 48.6 Å². The summed E-state index contributed by atoms with van der Waals surface area (Å²) in [5.41, 5.74) is 0.913. The molecule has 0 saturated heterocycles. The van der Waals surface area contributed by atoms with Gasteiger partial charge in [-0.15, -0.1) is 6.58 Å². The van der Waals surface area contributed by atoms with Crippen molar-refractivity contribution in [1.29, 1.82) is 0 Å². The first-order valence-electron chi connectivity index (χ1n) is 5.07. The fraction of sp³-hybridized carbons (Fsp3) is 0.308. The number of benzene rings is 1. The highest BCUT2D eigenvalue weighted by atomic mass is 16.5. The minimum atomic E-state index is -1.05. The molecule has 0 aliphatic carbocycles. The molecule has 0 amide bonds. The average molecular weight is 222 g/mol. The number of allylic oxidation sites excluding steroid dienone is 1. The minimum absolute atomic E-state index is 0.213. The topological polar surface area (TPSA) is 46.5 Å². The quantitative estimate of drug-likeness (QED) is 0.630. The second-order valence-corrected chi connectivity index (χ2v) is 3.18. The molecule has 1 rings (SSSR count). The molecule has 0 aliphatic rings. The Balaban J connectivity index is 0.000000673. The molecule has 1 atom stereocenters. The molecule has 0 aromatic heterocycles. The summed E-state index contributed by atoms with van der Waals surface area (Å²) in [7, 11) is 0. The number of aliphatic hydroxyl groups is 1. The highest BCUT2D eigenvalue weighted by Crippen LogP contribution is 2.01. The molecule has 0 heterocycles. The second-order valence-electron chi connectivity index (χ2n) is 3.18. The molecular formula is C13H18O3. The van der Waals surface area contributed by atoms with Crippen LogP contribution in [0.15, 0.2) is 43.0 Å². The van der Waals surface area contributed by atoms with E-state index in [4.69, 9.17) is 9.84 Å². The molecule has 3 nitrogen and oxygen atoms in total. The monoisotopic (exact) mass is 222 g/mol. The Kier molecular flexibility index (Phi) is 7.81. The van der Waals surface area contributed by atoms with Gasteiger partial charge in [0.25, 0.3) is 0 Å². The zero-order valence-electron chi connectivity index (χ0n) is 9.72. The van der Waals surface area contributed by atoms with Crippen LogP contribution in [-0.2, 0) is 16.1 Å². The fourth-order valence-corrected chi connectivity index (χ4v) is 0.849. The molecule has 1 aromatic rings. The normalized spacial score (nSPS) is 10.7. The Bertz CT molecular complexity index is 304. The van der Waals surface area contributed by atoms with Gasteiger partial charge in [-0.3, -0.25) is 0 Å². The van der Waals surface area contributed by atoms with Crippen molar-refractivity contribution < 1.29 is 14.6 Å². The van der Waals surface area contributed by atoms with Crippen LogP contribution in [0.1, 0.15) is 19.4 Å². The van der Waals surface area contributed by atoms with E-state index in [1.807, 2.05) is 37.3 Å². The van der Waals surface area contributed by atoms with Crippen molar-refractivity contribution in [1.82, 2.24) is 0 Å². The first-order valence-corrected chi connectivity index (χ1v) is 5.07. The van der Waals surface area contributed by atoms with Crippen LogP contribution in [0, 0.1) is 0 Å². The lowest BCUT2D eigenvalue weighted by Gasteiger charge is -2.05. The standard InChI is InChI=1S/C10H12O3.C3H6/c1-8(11)10(12)13-7-9-5-3-2-4-6-9;1-3-2/h2-6,8,11H,7H2,1H3;3H,1H2,2H3. The smallest absolute Gasteiger partial charge is 0.334 e. The van der Waals surface area contributed by atoms with Crippen LogP contribution in [0.5, 0.6) is 0 Å². The Labute approximate surface area is 96.4 Å². The lowest BCUT2D eigenvalue weighted by Crippen LogP contribution is -2.18. The van der Waals surface area contributed by atoms with Crippen LogP contribution in [0.25, 0.3) is 0 Å². The van der Waals surface area contributed by atoms with Crippen molar-refractivity contribution in [2.75, 3.05) is 0 Å². The van der Waals surface area contributed by atoms with E-state index in [-0.39, 0.29) is 6.61 Å². The molecule has 0 radical (unpaired) electrons. The number of hydrogen-bond donors (Lipinski definition) is 1. The third-order valence-corrected chi connectivity index (χ3v) is 1.57. The van der Waals surface area contributed by atoms with Crippen LogP contribution < -0.4 is 0 Å². The molecule has 0 bridgehead atoms. The minimum Gasteiger partial charge on any atom is -0.459 e. The highest BCUT2D eigenvalue weighted by Gasteiger charge is 2.09. The number of carbonyl (C=O) groups excluding carboxylic acids is 1. The van der Waals surface area contributed by atoms with Gasteiger partial charge < -0.3 is 9.84 Å². The van der Waals surface area contributed by atoms with E-state index in [0.29, 0.717) is 0 Å². The molecule has 0 spiro atoms. The van der Waals surface area contributed by atoms with Gasteiger partial charge in [0.2, 0.25) is 0 Å². The van der Waals surface area contributed by atoms with Gasteiger partial charge in [0, 0.05) is 0 Å². The predicted octanol–water partition coefficient (Wildman–Crippen LogP) is 2.30. The maximum absolute atomic E-state index is 10.8. The zero-order valence-corrected chi connectivity index (χ0v) is 9.72. The number of rotatable bonds is 3. The Morgan fingerprint density at radius 1 is 1.50 bits per heavy atom. The number of esters is 1. The van der Waals surface area contributed by atoms with E-state index in [1.54, 1.807) is 6.08 Å². The Hall–Kier alpha value is -1.61. The van der Waals surface area contributed by atoms with Crippen molar-refractivity contribution >= 4 is 5.97 Å². The molecule has 1 aromatic carbocycles. The lowest BCUT2D eigenvalue weighted by atomic mass is 10.2. The maximum Gasteiger partial charge on any atom is 0.334 e. The maximum atomic E-state index is 10.8. The van der Waals surface area contributed by atoms with Gasteiger partial charge in [-0.25, -0.2) is 4.79 Å². The summed E-state index contributed by atoms with van der Waals surface area (Å²) in [6.45, 7) is 6.85.